The molecule has 1 heterocycles. The van der Waals surface area contributed by atoms with Crippen molar-refractivity contribution in [2.24, 2.45) is 11.8 Å². The molecule has 0 fully saturated rings. The number of amides is 2. The fourth-order valence-electron chi connectivity index (χ4n) is 4.97. The Bertz CT molecular complexity index is 1440. The molecule has 0 bridgehead atoms. The highest BCUT2D eigenvalue weighted by atomic mass is 32.2. The predicted molar refractivity (Wildman–Crippen MR) is 168 cm³/mol. The van der Waals surface area contributed by atoms with Crippen molar-refractivity contribution in [3.8, 4) is 0 Å². The standard InChI is InChI=1S/C32H46N4O6S/c1-24(2)22-36(43(40,41)28-11-12-29-27(20-28)14-18-42-29)32(39,21-26-9-7-6-8-10-26)15-17-34-30(37)19-25(3)13-16-33-31(38)23-35(4)5/h6-12,14,18,20,24-25,39H,13,15-17,19,21-23H2,1-5H3,(H,33,38)(H,34,37)/t25-,32?/m0/s1. The number of hydrogen-bond donors (Lipinski definition) is 3. The molecule has 2 atom stereocenters. The molecule has 0 aliphatic carbocycles. The molecule has 3 aromatic rings. The molecule has 0 radical (unpaired) electrons. The number of carbonyl (C=O) groups is 2. The smallest absolute Gasteiger partial charge is 0.245 e. The average Bonchev–Trinajstić information content (AvgIpc) is 3.40. The van der Waals surface area contributed by atoms with Gasteiger partial charge in [-0.05, 0) is 62.2 Å². The van der Waals surface area contributed by atoms with E-state index < -0.39 is 15.7 Å². The fraction of sp³-hybridized carbons (Fsp3) is 0.500. The van der Waals surface area contributed by atoms with Gasteiger partial charge in [0.25, 0.3) is 0 Å². The van der Waals surface area contributed by atoms with E-state index in [9.17, 15) is 23.1 Å². The number of carbonyl (C=O) groups excluding carboxylic acids is 2. The second kappa shape index (κ2) is 15.5. The monoisotopic (exact) mass is 614 g/mol. The van der Waals surface area contributed by atoms with Crippen LogP contribution in [0.5, 0.6) is 0 Å². The fourth-order valence-corrected chi connectivity index (χ4v) is 6.84. The minimum Gasteiger partial charge on any atom is -0.464 e. The van der Waals surface area contributed by atoms with Crippen molar-refractivity contribution in [3.05, 3.63) is 66.4 Å². The third kappa shape index (κ3) is 10.2. The zero-order valence-electron chi connectivity index (χ0n) is 25.9. The van der Waals surface area contributed by atoms with Crippen LogP contribution in [0.1, 0.15) is 45.6 Å². The van der Waals surface area contributed by atoms with Crippen LogP contribution in [0.3, 0.4) is 0 Å². The number of rotatable bonds is 17. The highest BCUT2D eigenvalue weighted by molar-refractivity contribution is 7.89. The molecule has 11 heteroatoms. The quantitative estimate of drug-likeness (QED) is 0.198. The lowest BCUT2D eigenvalue weighted by Crippen LogP contribution is -2.55. The first-order chi connectivity index (χ1) is 20.3. The summed E-state index contributed by atoms with van der Waals surface area (Å²) in [5.41, 5.74) is -0.469. The summed E-state index contributed by atoms with van der Waals surface area (Å²) in [4.78, 5) is 26.5. The van der Waals surface area contributed by atoms with Crippen molar-refractivity contribution in [2.45, 2.75) is 57.1 Å². The summed E-state index contributed by atoms with van der Waals surface area (Å²) in [6, 6.07) is 15.6. The molecule has 2 aromatic carbocycles. The third-order valence-corrected chi connectivity index (χ3v) is 9.06. The molecule has 0 saturated heterocycles. The molecule has 2 amide bonds. The van der Waals surface area contributed by atoms with E-state index in [1.807, 2.05) is 65.2 Å². The molecule has 3 rings (SSSR count). The molecule has 43 heavy (non-hydrogen) atoms. The molecule has 10 nitrogen and oxygen atoms in total. The summed E-state index contributed by atoms with van der Waals surface area (Å²) in [6.45, 7) is 6.69. The largest absolute Gasteiger partial charge is 0.464 e. The van der Waals surface area contributed by atoms with Crippen molar-refractivity contribution in [2.75, 3.05) is 40.3 Å². The van der Waals surface area contributed by atoms with Crippen LogP contribution in [-0.2, 0) is 26.0 Å². The topological polar surface area (TPSA) is 132 Å². The lowest BCUT2D eigenvalue weighted by molar-refractivity contribution is -0.122. The van der Waals surface area contributed by atoms with Gasteiger partial charge >= 0.3 is 0 Å². The minimum atomic E-state index is -4.15. The van der Waals surface area contributed by atoms with E-state index in [4.69, 9.17) is 4.42 Å². The molecule has 0 aliphatic heterocycles. The molecule has 0 spiro atoms. The van der Waals surface area contributed by atoms with Crippen LogP contribution in [0.15, 0.2) is 70.2 Å². The summed E-state index contributed by atoms with van der Waals surface area (Å²) in [6.07, 6.45) is 2.43. The number of furan rings is 1. The van der Waals surface area contributed by atoms with Crippen molar-refractivity contribution in [3.63, 3.8) is 0 Å². The van der Waals surface area contributed by atoms with Crippen LogP contribution in [0.25, 0.3) is 11.0 Å². The van der Waals surface area contributed by atoms with E-state index in [0.717, 1.165) is 5.56 Å². The van der Waals surface area contributed by atoms with Gasteiger partial charge in [-0.1, -0.05) is 51.1 Å². The number of nitrogens with zero attached hydrogens (tertiary/aromatic N) is 2. The molecule has 1 aromatic heterocycles. The van der Waals surface area contributed by atoms with Gasteiger partial charge < -0.3 is 25.1 Å². The first-order valence-electron chi connectivity index (χ1n) is 14.7. The number of fused-ring (bicyclic) bond motifs is 1. The van der Waals surface area contributed by atoms with E-state index >= 15 is 0 Å². The van der Waals surface area contributed by atoms with Crippen LogP contribution in [-0.4, -0.2) is 80.5 Å². The minimum absolute atomic E-state index is 0.0114. The summed E-state index contributed by atoms with van der Waals surface area (Å²) >= 11 is 0. The predicted octanol–water partition coefficient (Wildman–Crippen LogP) is 3.61. The van der Waals surface area contributed by atoms with E-state index in [-0.39, 0.29) is 60.9 Å². The van der Waals surface area contributed by atoms with Gasteiger partial charge in [0.1, 0.15) is 11.3 Å². The Morgan fingerprint density at radius 1 is 0.977 bits per heavy atom. The highest BCUT2D eigenvalue weighted by Gasteiger charge is 2.43. The highest BCUT2D eigenvalue weighted by Crippen LogP contribution is 2.32. The van der Waals surface area contributed by atoms with Crippen molar-refractivity contribution < 1.29 is 27.5 Å². The second-order valence-electron chi connectivity index (χ2n) is 12.0. The molecule has 0 saturated carbocycles. The Hall–Kier alpha value is -3.25. The summed E-state index contributed by atoms with van der Waals surface area (Å²) < 4.78 is 34.8. The van der Waals surface area contributed by atoms with Gasteiger partial charge in [0.2, 0.25) is 21.8 Å². The molecular weight excluding hydrogens is 568 g/mol. The van der Waals surface area contributed by atoms with Crippen LogP contribution in [0, 0.1) is 11.8 Å². The molecular formula is C32H46N4O6S. The summed E-state index contributed by atoms with van der Waals surface area (Å²) in [5, 5.41) is 18.6. The Morgan fingerprint density at radius 2 is 1.67 bits per heavy atom. The number of likely N-dealkylation sites (N-methyl/N-ethyl adjacent to an activating group) is 1. The molecule has 1 unspecified atom stereocenters. The van der Waals surface area contributed by atoms with Gasteiger partial charge in [0, 0.05) is 44.3 Å². The Kier molecular flexibility index (Phi) is 12.3. The normalized spacial score (nSPS) is 14.3. The average molecular weight is 615 g/mol. The van der Waals surface area contributed by atoms with E-state index in [0.29, 0.717) is 30.5 Å². The Morgan fingerprint density at radius 3 is 2.35 bits per heavy atom. The Labute approximate surface area is 255 Å². The summed E-state index contributed by atoms with van der Waals surface area (Å²) in [7, 11) is -0.498. The van der Waals surface area contributed by atoms with E-state index in [1.165, 1.54) is 16.6 Å². The first kappa shape index (κ1) is 34.2. The lowest BCUT2D eigenvalue weighted by Gasteiger charge is -2.40. The van der Waals surface area contributed by atoms with Crippen molar-refractivity contribution in [1.29, 1.82) is 0 Å². The van der Waals surface area contributed by atoms with Gasteiger partial charge in [0.05, 0.1) is 17.7 Å². The van der Waals surface area contributed by atoms with E-state index in [2.05, 4.69) is 10.6 Å². The van der Waals surface area contributed by atoms with Gasteiger partial charge in [-0.2, -0.15) is 4.31 Å². The zero-order chi connectivity index (χ0) is 31.6. The van der Waals surface area contributed by atoms with Gasteiger partial charge in [-0.25, -0.2) is 8.42 Å². The SMILES string of the molecule is CC(C)CN(C(O)(CCNC(=O)C[C@@H](C)CCNC(=O)CN(C)C)Cc1ccccc1)S(=O)(=O)c1ccc2occc2c1. The maximum atomic E-state index is 14.1. The number of nitrogens with one attached hydrogen (secondary N) is 2. The van der Waals surface area contributed by atoms with Gasteiger partial charge in [-0.3, -0.25) is 9.59 Å². The van der Waals surface area contributed by atoms with Crippen LogP contribution < -0.4 is 10.6 Å². The Balaban J connectivity index is 1.75. The molecule has 3 N–H and O–H groups in total. The van der Waals surface area contributed by atoms with Gasteiger partial charge in [-0.15, -0.1) is 0 Å². The van der Waals surface area contributed by atoms with Crippen molar-refractivity contribution in [1.82, 2.24) is 19.8 Å². The second-order valence-corrected chi connectivity index (χ2v) is 13.8. The number of benzene rings is 2. The molecule has 0 aliphatic rings. The maximum Gasteiger partial charge on any atom is 0.245 e. The number of aliphatic hydroxyl groups is 1. The van der Waals surface area contributed by atoms with Crippen LogP contribution in [0.2, 0.25) is 0 Å². The number of sulfonamides is 1. The lowest BCUT2D eigenvalue weighted by atomic mass is 9.98. The molecule has 236 valence electrons. The van der Waals surface area contributed by atoms with Crippen molar-refractivity contribution >= 4 is 32.8 Å². The van der Waals surface area contributed by atoms with Gasteiger partial charge in [0.15, 0.2) is 0 Å². The number of hydrogen-bond acceptors (Lipinski definition) is 7. The maximum absolute atomic E-state index is 14.1. The van der Waals surface area contributed by atoms with E-state index in [1.54, 1.807) is 23.1 Å². The third-order valence-electron chi connectivity index (χ3n) is 7.14. The first-order valence-corrected chi connectivity index (χ1v) is 16.2. The van der Waals surface area contributed by atoms with Crippen LogP contribution >= 0.6 is 0 Å². The zero-order valence-corrected chi connectivity index (χ0v) is 26.7. The van der Waals surface area contributed by atoms with Crippen LogP contribution in [0.4, 0.5) is 0 Å². The summed E-state index contributed by atoms with van der Waals surface area (Å²) in [5.74, 6) is -0.315.